The van der Waals surface area contributed by atoms with Crippen LogP contribution in [0.15, 0.2) is 18.2 Å². The van der Waals surface area contributed by atoms with E-state index in [-0.39, 0.29) is 23.8 Å². The molecule has 1 unspecified atom stereocenters. The van der Waals surface area contributed by atoms with Gasteiger partial charge in [-0.25, -0.2) is 0 Å². The molecule has 29 heavy (non-hydrogen) atoms. The van der Waals surface area contributed by atoms with Crippen LogP contribution in [-0.4, -0.2) is 48.4 Å². The Morgan fingerprint density at radius 3 is 2.97 bits per heavy atom. The van der Waals surface area contributed by atoms with E-state index < -0.39 is 0 Å². The summed E-state index contributed by atoms with van der Waals surface area (Å²) in [6.07, 6.45) is 5.54. The van der Waals surface area contributed by atoms with Crippen molar-refractivity contribution in [3.8, 4) is 5.75 Å². The van der Waals surface area contributed by atoms with Gasteiger partial charge in [0, 0.05) is 44.1 Å². The number of benzene rings is 1. The Bertz CT molecular complexity index is 750. The normalized spacial score (nSPS) is 18.6. The van der Waals surface area contributed by atoms with Gasteiger partial charge in [-0.05, 0) is 55.9 Å². The fourth-order valence-electron chi connectivity index (χ4n) is 3.87. The number of carbonyl (C=O) groups excluding carboxylic acids is 3. The lowest BCUT2D eigenvalue weighted by molar-refractivity contribution is -0.133. The minimum atomic E-state index is 0.0505. The first-order chi connectivity index (χ1) is 14.0. The highest BCUT2D eigenvalue weighted by molar-refractivity contribution is 5.94. The molecule has 0 aromatic heterocycles. The van der Waals surface area contributed by atoms with Crippen LogP contribution in [0.1, 0.15) is 57.4 Å². The SMILES string of the molecule is CCCC(=O)NC1CCCN(C(=O)CCCOc2ccc3c(c2)CCC(=O)N3)C1. The molecule has 0 spiro atoms. The Morgan fingerprint density at radius 2 is 2.14 bits per heavy atom. The third-order valence-electron chi connectivity index (χ3n) is 5.39. The summed E-state index contributed by atoms with van der Waals surface area (Å²) in [5.41, 5.74) is 1.94. The first-order valence-electron chi connectivity index (χ1n) is 10.7. The summed E-state index contributed by atoms with van der Waals surface area (Å²) in [7, 11) is 0. The van der Waals surface area contributed by atoms with Crippen LogP contribution in [0.4, 0.5) is 5.69 Å². The van der Waals surface area contributed by atoms with Crippen LogP contribution in [0.5, 0.6) is 5.75 Å². The molecule has 2 heterocycles. The van der Waals surface area contributed by atoms with Crippen molar-refractivity contribution in [2.75, 3.05) is 25.0 Å². The Morgan fingerprint density at radius 1 is 1.28 bits per heavy atom. The molecule has 2 aliphatic rings. The molecule has 1 saturated heterocycles. The van der Waals surface area contributed by atoms with Crippen LogP contribution in [0.3, 0.4) is 0 Å². The number of nitrogens with zero attached hydrogens (tertiary/aromatic N) is 1. The summed E-state index contributed by atoms with van der Waals surface area (Å²) in [5.74, 6) is 1.01. The van der Waals surface area contributed by atoms with Crippen molar-refractivity contribution in [2.45, 2.75) is 64.3 Å². The number of hydrogen-bond donors (Lipinski definition) is 2. The van der Waals surface area contributed by atoms with E-state index in [4.69, 9.17) is 4.74 Å². The maximum atomic E-state index is 12.5. The van der Waals surface area contributed by atoms with E-state index in [0.717, 1.165) is 49.2 Å². The number of hydrogen-bond acceptors (Lipinski definition) is 4. The van der Waals surface area contributed by atoms with E-state index in [1.54, 1.807) is 0 Å². The van der Waals surface area contributed by atoms with Gasteiger partial charge in [0.2, 0.25) is 17.7 Å². The van der Waals surface area contributed by atoms with Gasteiger partial charge in [0.05, 0.1) is 6.61 Å². The monoisotopic (exact) mass is 401 g/mol. The van der Waals surface area contributed by atoms with E-state index in [9.17, 15) is 14.4 Å². The van der Waals surface area contributed by atoms with Gasteiger partial charge in [-0.2, -0.15) is 0 Å². The molecule has 2 aliphatic heterocycles. The van der Waals surface area contributed by atoms with Crippen LogP contribution >= 0.6 is 0 Å². The molecule has 3 amide bonds. The highest BCUT2D eigenvalue weighted by Crippen LogP contribution is 2.26. The zero-order valence-corrected chi connectivity index (χ0v) is 17.2. The predicted molar refractivity (Wildman–Crippen MR) is 111 cm³/mol. The average molecular weight is 402 g/mol. The number of rotatable bonds is 8. The number of nitrogens with one attached hydrogen (secondary N) is 2. The van der Waals surface area contributed by atoms with Gasteiger partial charge < -0.3 is 20.3 Å². The number of fused-ring (bicyclic) bond motifs is 1. The molecular weight excluding hydrogens is 370 g/mol. The van der Waals surface area contributed by atoms with E-state index in [1.165, 1.54) is 0 Å². The maximum absolute atomic E-state index is 12.5. The second-order valence-corrected chi connectivity index (χ2v) is 7.82. The van der Waals surface area contributed by atoms with Crippen LogP contribution in [-0.2, 0) is 20.8 Å². The van der Waals surface area contributed by atoms with Crippen molar-refractivity contribution in [3.63, 3.8) is 0 Å². The summed E-state index contributed by atoms with van der Waals surface area (Å²) in [4.78, 5) is 37.6. The minimum Gasteiger partial charge on any atom is -0.494 e. The standard InChI is InChI=1S/C22H31N3O4/c1-2-5-20(26)23-17-6-3-12-25(15-17)22(28)7-4-13-29-18-9-10-19-16(14-18)8-11-21(27)24-19/h9-10,14,17H,2-8,11-13,15H2,1H3,(H,23,26)(H,24,27). The van der Waals surface area contributed by atoms with Crippen molar-refractivity contribution in [1.29, 1.82) is 0 Å². The number of amides is 3. The molecule has 1 fully saturated rings. The summed E-state index contributed by atoms with van der Waals surface area (Å²) >= 11 is 0. The van der Waals surface area contributed by atoms with Crippen LogP contribution in [0.25, 0.3) is 0 Å². The molecule has 0 aliphatic carbocycles. The summed E-state index contributed by atoms with van der Waals surface area (Å²) in [6.45, 7) is 3.82. The predicted octanol–water partition coefficient (Wildman–Crippen LogP) is 2.64. The van der Waals surface area contributed by atoms with Crippen molar-refractivity contribution in [2.24, 2.45) is 0 Å². The maximum Gasteiger partial charge on any atom is 0.224 e. The number of ether oxygens (including phenoxy) is 1. The number of piperidine rings is 1. The Balaban J connectivity index is 1.38. The molecule has 1 aromatic rings. The first kappa shape index (κ1) is 21.1. The molecule has 7 nitrogen and oxygen atoms in total. The number of aryl methyl sites for hydroxylation is 1. The highest BCUT2D eigenvalue weighted by Gasteiger charge is 2.24. The van der Waals surface area contributed by atoms with Crippen molar-refractivity contribution < 1.29 is 19.1 Å². The molecule has 1 atom stereocenters. The molecule has 158 valence electrons. The zero-order valence-electron chi connectivity index (χ0n) is 17.2. The van der Waals surface area contributed by atoms with E-state index >= 15 is 0 Å². The van der Waals surface area contributed by atoms with Gasteiger partial charge in [-0.1, -0.05) is 6.92 Å². The molecule has 0 saturated carbocycles. The lowest BCUT2D eigenvalue weighted by atomic mass is 10.0. The van der Waals surface area contributed by atoms with Crippen LogP contribution < -0.4 is 15.4 Å². The largest absolute Gasteiger partial charge is 0.494 e. The Hall–Kier alpha value is -2.57. The molecule has 0 radical (unpaired) electrons. The lowest BCUT2D eigenvalue weighted by Crippen LogP contribution is -2.49. The molecule has 7 heteroatoms. The summed E-state index contributed by atoms with van der Waals surface area (Å²) < 4.78 is 5.80. The Labute approximate surface area is 172 Å². The lowest BCUT2D eigenvalue weighted by Gasteiger charge is -2.33. The first-order valence-corrected chi connectivity index (χ1v) is 10.7. The van der Waals surface area contributed by atoms with Gasteiger partial charge in [0.1, 0.15) is 5.75 Å². The van der Waals surface area contributed by atoms with Crippen molar-refractivity contribution >= 4 is 23.4 Å². The van der Waals surface area contributed by atoms with Gasteiger partial charge in [0.25, 0.3) is 0 Å². The third kappa shape index (κ3) is 6.21. The van der Waals surface area contributed by atoms with Gasteiger partial charge >= 0.3 is 0 Å². The number of carbonyl (C=O) groups is 3. The second kappa shape index (κ2) is 10.3. The topological polar surface area (TPSA) is 87.7 Å². The minimum absolute atomic E-state index is 0.0505. The fraction of sp³-hybridized carbons (Fsp3) is 0.591. The summed E-state index contributed by atoms with van der Waals surface area (Å²) in [5, 5.41) is 5.89. The molecule has 1 aromatic carbocycles. The molecule has 2 N–H and O–H groups in total. The second-order valence-electron chi connectivity index (χ2n) is 7.82. The van der Waals surface area contributed by atoms with Gasteiger partial charge in [-0.3, -0.25) is 14.4 Å². The van der Waals surface area contributed by atoms with Crippen molar-refractivity contribution in [3.05, 3.63) is 23.8 Å². The number of anilines is 1. The fourth-order valence-corrected chi connectivity index (χ4v) is 3.87. The zero-order chi connectivity index (χ0) is 20.6. The van der Waals surface area contributed by atoms with Gasteiger partial charge in [0.15, 0.2) is 0 Å². The molecular formula is C22H31N3O4. The highest BCUT2D eigenvalue weighted by atomic mass is 16.5. The van der Waals surface area contributed by atoms with E-state index in [1.807, 2.05) is 30.0 Å². The van der Waals surface area contributed by atoms with E-state index in [0.29, 0.717) is 38.8 Å². The molecule has 3 rings (SSSR count). The molecule has 0 bridgehead atoms. The van der Waals surface area contributed by atoms with Gasteiger partial charge in [-0.15, -0.1) is 0 Å². The van der Waals surface area contributed by atoms with Crippen LogP contribution in [0, 0.1) is 0 Å². The summed E-state index contributed by atoms with van der Waals surface area (Å²) in [6, 6.07) is 5.75. The smallest absolute Gasteiger partial charge is 0.224 e. The van der Waals surface area contributed by atoms with Crippen molar-refractivity contribution in [1.82, 2.24) is 10.2 Å². The average Bonchev–Trinajstić information content (AvgIpc) is 2.71. The Kier molecular flexibility index (Phi) is 7.49. The number of likely N-dealkylation sites (tertiary alicyclic amines) is 1. The van der Waals surface area contributed by atoms with Crippen LogP contribution in [0.2, 0.25) is 0 Å². The third-order valence-corrected chi connectivity index (χ3v) is 5.39. The van der Waals surface area contributed by atoms with E-state index in [2.05, 4.69) is 10.6 Å². The quantitative estimate of drug-likeness (QED) is 0.656.